The van der Waals surface area contributed by atoms with E-state index in [2.05, 4.69) is 44.5 Å². The van der Waals surface area contributed by atoms with Gasteiger partial charge in [-0.05, 0) is 30.5 Å². The molecule has 102 valence electrons. The average Bonchev–Trinajstić information content (AvgIpc) is 1.97. The van der Waals surface area contributed by atoms with E-state index < -0.39 is 18.2 Å². The molecule has 0 bridgehead atoms. The van der Waals surface area contributed by atoms with Crippen LogP contribution in [0.4, 0.5) is 0 Å². The summed E-state index contributed by atoms with van der Waals surface area (Å²) in [4.78, 5) is 0. The largest absolute Gasteiger partial charge is 0.265 e. The molecule has 0 spiro atoms. The van der Waals surface area contributed by atoms with E-state index in [9.17, 15) is 4.21 Å². The zero-order chi connectivity index (χ0) is 13.9. The highest BCUT2D eigenvalue weighted by molar-refractivity contribution is 7.92. The van der Waals surface area contributed by atoms with Crippen molar-refractivity contribution in [2.75, 3.05) is 5.75 Å². The lowest BCUT2D eigenvalue weighted by Crippen LogP contribution is -2.38. The van der Waals surface area contributed by atoms with Crippen molar-refractivity contribution < 1.29 is 4.21 Å². The molecule has 0 fully saturated rings. The minimum Gasteiger partial charge on any atom is -0.265 e. The van der Waals surface area contributed by atoms with Crippen molar-refractivity contribution in [1.82, 2.24) is 0 Å². The van der Waals surface area contributed by atoms with Crippen LogP contribution in [0.25, 0.3) is 0 Å². The van der Waals surface area contributed by atoms with Crippen molar-refractivity contribution in [2.45, 2.75) is 52.2 Å². The molecule has 0 heterocycles. The van der Waals surface area contributed by atoms with Crippen molar-refractivity contribution in [1.29, 1.82) is 0 Å². The third-order valence-corrected chi connectivity index (χ3v) is 11.1. The Bertz CT molecular complexity index is 376. The third-order valence-electron chi connectivity index (χ3n) is 3.31. The number of hydrogen-bond acceptors (Lipinski definition) is 2. The monoisotopic (exact) mass is 276 g/mol. The van der Waals surface area contributed by atoms with Gasteiger partial charge in [-0.2, -0.15) is 0 Å². The Morgan fingerprint density at radius 3 is 2.29 bits per heavy atom. The van der Waals surface area contributed by atoms with Gasteiger partial charge in [0.1, 0.15) is 0 Å². The first-order valence-electron chi connectivity index (χ1n) is 6.06. The second kappa shape index (κ2) is 5.67. The predicted octanol–water partition coefficient (Wildman–Crippen LogP) is 3.55. The molecule has 0 radical (unpaired) electrons. The van der Waals surface area contributed by atoms with Gasteiger partial charge in [0, 0.05) is 5.75 Å². The highest BCUT2D eigenvalue weighted by Gasteiger charge is 2.37. The van der Waals surface area contributed by atoms with Gasteiger partial charge in [0.25, 0.3) is 0 Å². The molecule has 0 aromatic carbocycles. The van der Waals surface area contributed by atoms with E-state index in [-0.39, 0.29) is 11.0 Å². The van der Waals surface area contributed by atoms with Crippen LogP contribution < -0.4 is 5.14 Å². The molecule has 17 heavy (non-hydrogen) atoms. The molecule has 0 aliphatic carbocycles. The molecule has 2 unspecified atom stereocenters. The first-order valence-corrected chi connectivity index (χ1v) is 10.8. The summed E-state index contributed by atoms with van der Waals surface area (Å²) < 4.78 is 16.9. The van der Waals surface area contributed by atoms with Crippen LogP contribution in [0.5, 0.6) is 0 Å². The van der Waals surface area contributed by atoms with Crippen LogP contribution >= 0.6 is 0 Å². The van der Waals surface area contributed by atoms with Gasteiger partial charge in [0.2, 0.25) is 0 Å². The van der Waals surface area contributed by atoms with Crippen molar-refractivity contribution >= 4 is 18.2 Å². The van der Waals surface area contributed by atoms with Crippen molar-refractivity contribution in [3.8, 4) is 0 Å². The first kappa shape index (κ1) is 16.9. The van der Waals surface area contributed by atoms with Crippen LogP contribution in [0.2, 0.25) is 18.1 Å². The second-order valence-electron chi connectivity index (χ2n) is 6.39. The molecule has 0 amide bonds. The Labute approximate surface area is 108 Å². The summed E-state index contributed by atoms with van der Waals surface area (Å²) in [6.45, 7) is 16.4. The molecule has 0 saturated carbocycles. The van der Waals surface area contributed by atoms with Crippen LogP contribution in [0.1, 0.15) is 34.1 Å². The van der Waals surface area contributed by atoms with Gasteiger partial charge in [-0.25, -0.2) is 9.35 Å². The lowest BCUT2D eigenvalue weighted by Gasteiger charge is -2.33. The summed E-state index contributed by atoms with van der Waals surface area (Å²) in [5, 5.41) is 5.97. The highest BCUT2D eigenvalue weighted by atomic mass is 32.2. The molecule has 0 aliphatic heterocycles. The minimum atomic E-state index is -2.55. The smallest absolute Gasteiger partial charge is 0.194 e. The summed E-state index contributed by atoms with van der Waals surface area (Å²) in [6, 6.07) is 0. The lowest BCUT2D eigenvalue weighted by atomic mass is 10.1. The molecular weight excluding hydrogens is 248 g/mol. The van der Waals surface area contributed by atoms with E-state index >= 15 is 0 Å². The van der Waals surface area contributed by atoms with Crippen LogP contribution in [0.15, 0.2) is 16.7 Å². The normalized spacial score (nSPS) is 18.3. The maximum Gasteiger partial charge on any atom is 0.194 e. The molecule has 0 rings (SSSR count). The number of hydrogen-bond donors (Lipinski definition) is 1. The SMILES string of the molecule is C=CCC(C)CS(N)(=O)=N[Si](C)(C)C(C)(C)C. The molecule has 0 aromatic heterocycles. The summed E-state index contributed by atoms with van der Waals surface area (Å²) in [7, 11) is -4.49. The molecule has 0 aliphatic rings. The zero-order valence-corrected chi connectivity index (χ0v) is 13.9. The average molecular weight is 277 g/mol. The Balaban J connectivity index is 5.05. The summed E-state index contributed by atoms with van der Waals surface area (Å²) in [5.74, 6) is 0.740. The van der Waals surface area contributed by atoms with E-state index in [1.54, 1.807) is 0 Å². The van der Waals surface area contributed by atoms with Crippen LogP contribution in [-0.2, 0) is 9.92 Å². The third kappa shape index (κ3) is 5.83. The second-order valence-corrected chi connectivity index (χ2v) is 13.4. The minimum absolute atomic E-state index is 0.0801. The molecule has 2 N–H and O–H groups in total. The van der Waals surface area contributed by atoms with Gasteiger partial charge in [0.05, 0.1) is 9.92 Å². The number of nitrogens with two attached hydrogens (primary N) is 1. The molecule has 3 nitrogen and oxygen atoms in total. The van der Waals surface area contributed by atoms with Gasteiger partial charge in [-0.3, -0.25) is 4.03 Å². The fourth-order valence-corrected chi connectivity index (χ4v) is 6.76. The maximum absolute atomic E-state index is 12.3. The van der Waals surface area contributed by atoms with E-state index in [0.29, 0.717) is 5.75 Å². The predicted molar refractivity (Wildman–Crippen MR) is 80.8 cm³/mol. The molecule has 0 aromatic rings. The van der Waals surface area contributed by atoms with Gasteiger partial charge in [-0.15, -0.1) is 6.58 Å². The van der Waals surface area contributed by atoms with Crippen molar-refractivity contribution in [2.24, 2.45) is 15.1 Å². The fourth-order valence-electron chi connectivity index (χ4n) is 1.32. The molecule has 0 saturated heterocycles. The van der Waals surface area contributed by atoms with Gasteiger partial charge < -0.3 is 0 Å². The Hall–Kier alpha value is -0.133. The van der Waals surface area contributed by atoms with Gasteiger partial charge in [0.15, 0.2) is 8.24 Å². The van der Waals surface area contributed by atoms with Crippen molar-refractivity contribution in [3.05, 3.63) is 12.7 Å². The van der Waals surface area contributed by atoms with Gasteiger partial charge in [-0.1, -0.05) is 33.8 Å². The Kier molecular flexibility index (Phi) is 5.63. The summed E-state index contributed by atoms with van der Waals surface area (Å²) >= 11 is 0. The van der Waals surface area contributed by atoms with E-state index in [0.717, 1.165) is 6.42 Å². The van der Waals surface area contributed by atoms with Gasteiger partial charge >= 0.3 is 0 Å². The first-order chi connectivity index (χ1) is 7.41. The molecule has 2 atom stereocenters. The Morgan fingerprint density at radius 1 is 1.47 bits per heavy atom. The fraction of sp³-hybridized carbons (Fsp3) is 0.833. The Morgan fingerprint density at radius 2 is 1.94 bits per heavy atom. The van der Waals surface area contributed by atoms with Crippen LogP contribution in [0, 0.1) is 5.92 Å². The van der Waals surface area contributed by atoms with E-state index in [1.165, 1.54) is 0 Å². The quantitative estimate of drug-likeness (QED) is 0.606. The lowest BCUT2D eigenvalue weighted by molar-refractivity contribution is 0.635. The molecular formula is C12H28N2OSSi. The van der Waals surface area contributed by atoms with E-state index in [4.69, 9.17) is 5.14 Å². The zero-order valence-electron chi connectivity index (χ0n) is 12.1. The number of rotatable bonds is 5. The topological polar surface area (TPSA) is 55.5 Å². The standard InChI is InChI=1S/C12H28N2OSSi/c1-8-9-11(2)10-16(13,15)14-17(6,7)12(3,4)5/h8,11H,1,9-10H2,2-7H3,(H2,13,14,15). The van der Waals surface area contributed by atoms with Crippen LogP contribution in [-0.4, -0.2) is 18.2 Å². The van der Waals surface area contributed by atoms with E-state index in [1.807, 2.05) is 13.0 Å². The van der Waals surface area contributed by atoms with Crippen molar-refractivity contribution in [3.63, 3.8) is 0 Å². The molecule has 5 heteroatoms. The summed E-state index contributed by atoms with van der Waals surface area (Å²) in [5.41, 5.74) is 0. The summed E-state index contributed by atoms with van der Waals surface area (Å²) in [6.07, 6.45) is 2.67. The maximum atomic E-state index is 12.3. The number of allylic oxidation sites excluding steroid dienone is 1. The van der Waals surface area contributed by atoms with Crippen LogP contribution in [0.3, 0.4) is 0 Å². The highest BCUT2D eigenvalue weighted by Crippen LogP contribution is 2.37. The number of nitrogens with zero attached hydrogens (tertiary/aromatic N) is 1.